The van der Waals surface area contributed by atoms with Crippen LogP contribution in [-0.4, -0.2) is 48.8 Å². The molecule has 1 rings (SSSR count). The van der Waals surface area contributed by atoms with Crippen LogP contribution in [0.1, 0.15) is 17.3 Å². The van der Waals surface area contributed by atoms with E-state index in [9.17, 15) is 9.59 Å². The Bertz CT molecular complexity index is 429. The number of likely N-dealkylation sites (N-methyl/N-ethyl adjacent to an activating group) is 2. The smallest absolute Gasteiger partial charge is 0.254 e. The third kappa shape index (κ3) is 3.77. The lowest BCUT2D eigenvalue weighted by Crippen LogP contribution is -2.40. The van der Waals surface area contributed by atoms with Gasteiger partial charge in [0, 0.05) is 31.1 Å². The third-order valence-electron chi connectivity index (χ3n) is 2.61. The van der Waals surface area contributed by atoms with Crippen LogP contribution in [0.15, 0.2) is 29.2 Å². The van der Waals surface area contributed by atoms with Crippen molar-refractivity contribution in [2.75, 3.05) is 27.2 Å². The molecule has 2 amide bonds. The zero-order valence-corrected chi connectivity index (χ0v) is 11.8. The highest BCUT2D eigenvalue weighted by Crippen LogP contribution is 2.10. The van der Waals surface area contributed by atoms with E-state index in [2.05, 4.69) is 12.6 Å². The van der Waals surface area contributed by atoms with Crippen LogP contribution >= 0.6 is 12.6 Å². The molecule has 0 spiro atoms. The summed E-state index contributed by atoms with van der Waals surface area (Å²) in [6.07, 6.45) is 0. The maximum Gasteiger partial charge on any atom is 0.254 e. The van der Waals surface area contributed by atoms with E-state index < -0.39 is 0 Å². The van der Waals surface area contributed by atoms with Crippen molar-refractivity contribution in [1.29, 1.82) is 0 Å². The Balaban J connectivity index is 2.79. The first-order chi connectivity index (χ1) is 8.45. The Morgan fingerprint density at radius 2 is 1.72 bits per heavy atom. The van der Waals surface area contributed by atoms with Gasteiger partial charge in [-0.15, -0.1) is 12.6 Å². The highest BCUT2D eigenvalue weighted by molar-refractivity contribution is 7.80. The molecule has 0 aliphatic carbocycles. The zero-order chi connectivity index (χ0) is 13.7. The minimum Gasteiger partial charge on any atom is -0.347 e. The molecule has 0 bridgehead atoms. The van der Waals surface area contributed by atoms with Gasteiger partial charge in [-0.1, -0.05) is 0 Å². The van der Waals surface area contributed by atoms with E-state index in [1.807, 2.05) is 6.92 Å². The number of rotatable bonds is 4. The molecule has 1 aromatic rings. The lowest BCUT2D eigenvalue weighted by molar-refractivity contribution is -0.129. The largest absolute Gasteiger partial charge is 0.347 e. The Labute approximate surface area is 113 Å². The predicted molar refractivity (Wildman–Crippen MR) is 74.0 cm³/mol. The van der Waals surface area contributed by atoms with Gasteiger partial charge in [0.2, 0.25) is 5.91 Å². The minimum absolute atomic E-state index is 0.0870. The van der Waals surface area contributed by atoms with Gasteiger partial charge < -0.3 is 9.80 Å². The van der Waals surface area contributed by atoms with Crippen LogP contribution in [0.3, 0.4) is 0 Å². The van der Waals surface area contributed by atoms with Gasteiger partial charge in [0.1, 0.15) is 0 Å². The van der Waals surface area contributed by atoms with Crippen molar-refractivity contribution in [2.24, 2.45) is 0 Å². The SMILES string of the molecule is CCN(CC(=O)N(C)C)C(=O)c1ccc(S)cc1. The van der Waals surface area contributed by atoms with E-state index in [1.54, 1.807) is 38.4 Å². The molecule has 1 aromatic carbocycles. The standard InChI is InChI=1S/C13H18N2O2S/c1-4-15(9-12(16)14(2)3)13(17)10-5-7-11(18)8-6-10/h5-8,18H,4,9H2,1-3H3. The van der Waals surface area contributed by atoms with E-state index in [1.165, 1.54) is 9.80 Å². The number of hydrogen-bond acceptors (Lipinski definition) is 3. The second-order valence-electron chi connectivity index (χ2n) is 4.15. The van der Waals surface area contributed by atoms with E-state index in [0.29, 0.717) is 12.1 Å². The molecule has 0 fully saturated rings. The summed E-state index contributed by atoms with van der Waals surface area (Å²) in [4.78, 5) is 27.6. The Morgan fingerprint density at radius 1 is 1.17 bits per heavy atom. The summed E-state index contributed by atoms with van der Waals surface area (Å²) in [5.41, 5.74) is 0.571. The molecule has 98 valence electrons. The van der Waals surface area contributed by atoms with Crippen molar-refractivity contribution in [1.82, 2.24) is 9.80 Å². The molecule has 0 unspecified atom stereocenters. The molecule has 4 nitrogen and oxygen atoms in total. The highest BCUT2D eigenvalue weighted by Gasteiger charge is 2.17. The highest BCUT2D eigenvalue weighted by atomic mass is 32.1. The first kappa shape index (κ1) is 14.6. The van der Waals surface area contributed by atoms with Gasteiger partial charge in [-0.2, -0.15) is 0 Å². The minimum atomic E-state index is -0.138. The lowest BCUT2D eigenvalue weighted by atomic mass is 10.2. The van der Waals surface area contributed by atoms with Crippen LogP contribution in [0.5, 0.6) is 0 Å². The summed E-state index contributed by atoms with van der Waals surface area (Å²) in [7, 11) is 3.35. The summed E-state index contributed by atoms with van der Waals surface area (Å²) in [5, 5.41) is 0. The van der Waals surface area contributed by atoms with Crippen LogP contribution in [0, 0.1) is 0 Å². The summed E-state index contributed by atoms with van der Waals surface area (Å²) >= 11 is 4.17. The number of carbonyl (C=O) groups is 2. The van der Waals surface area contributed by atoms with Crippen LogP contribution < -0.4 is 0 Å². The number of nitrogens with zero attached hydrogens (tertiary/aromatic N) is 2. The maximum atomic E-state index is 12.2. The fraction of sp³-hybridized carbons (Fsp3) is 0.385. The fourth-order valence-electron chi connectivity index (χ4n) is 1.42. The molecule has 0 aliphatic rings. The molecular formula is C13H18N2O2S. The lowest BCUT2D eigenvalue weighted by Gasteiger charge is -2.22. The first-order valence-corrected chi connectivity index (χ1v) is 6.19. The Hall–Kier alpha value is -1.49. The average Bonchev–Trinajstić information content (AvgIpc) is 2.35. The van der Waals surface area contributed by atoms with Gasteiger partial charge >= 0.3 is 0 Å². The van der Waals surface area contributed by atoms with Gasteiger partial charge in [0.25, 0.3) is 5.91 Å². The fourth-order valence-corrected chi connectivity index (χ4v) is 1.57. The third-order valence-corrected chi connectivity index (χ3v) is 2.91. The molecule has 0 heterocycles. The number of thiol groups is 1. The van der Waals surface area contributed by atoms with E-state index >= 15 is 0 Å². The molecule has 0 saturated heterocycles. The van der Waals surface area contributed by atoms with Crippen LogP contribution in [-0.2, 0) is 4.79 Å². The molecule has 0 atom stereocenters. The molecular weight excluding hydrogens is 248 g/mol. The van der Waals surface area contributed by atoms with Gasteiger partial charge in [0.05, 0.1) is 6.54 Å². The van der Waals surface area contributed by atoms with E-state index in [0.717, 1.165) is 4.90 Å². The predicted octanol–water partition coefficient (Wildman–Crippen LogP) is 1.53. The number of amides is 2. The number of hydrogen-bond donors (Lipinski definition) is 1. The zero-order valence-electron chi connectivity index (χ0n) is 10.9. The van der Waals surface area contributed by atoms with E-state index in [-0.39, 0.29) is 18.4 Å². The first-order valence-electron chi connectivity index (χ1n) is 5.74. The van der Waals surface area contributed by atoms with Crippen molar-refractivity contribution in [3.05, 3.63) is 29.8 Å². The molecule has 0 aromatic heterocycles. The van der Waals surface area contributed by atoms with Crippen molar-refractivity contribution in [3.63, 3.8) is 0 Å². The van der Waals surface area contributed by atoms with Crippen LogP contribution in [0.2, 0.25) is 0 Å². The van der Waals surface area contributed by atoms with Crippen molar-refractivity contribution >= 4 is 24.4 Å². The molecule has 18 heavy (non-hydrogen) atoms. The summed E-state index contributed by atoms with van der Waals surface area (Å²) in [6.45, 7) is 2.46. The van der Waals surface area contributed by atoms with Gasteiger partial charge in [-0.05, 0) is 31.2 Å². The topological polar surface area (TPSA) is 40.6 Å². The summed E-state index contributed by atoms with van der Waals surface area (Å²) < 4.78 is 0. The van der Waals surface area contributed by atoms with Crippen molar-refractivity contribution in [3.8, 4) is 0 Å². The average molecular weight is 266 g/mol. The second kappa shape index (κ2) is 6.44. The van der Waals surface area contributed by atoms with Crippen molar-refractivity contribution < 1.29 is 9.59 Å². The molecule has 0 radical (unpaired) electrons. The molecule has 0 saturated carbocycles. The van der Waals surface area contributed by atoms with E-state index in [4.69, 9.17) is 0 Å². The monoisotopic (exact) mass is 266 g/mol. The molecule has 5 heteroatoms. The van der Waals surface area contributed by atoms with Crippen LogP contribution in [0.25, 0.3) is 0 Å². The molecule has 0 N–H and O–H groups in total. The van der Waals surface area contributed by atoms with Crippen molar-refractivity contribution in [2.45, 2.75) is 11.8 Å². The van der Waals surface area contributed by atoms with Crippen LogP contribution in [0.4, 0.5) is 0 Å². The quantitative estimate of drug-likeness (QED) is 0.840. The number of benzene rings is 1. The Kier molecular flexibility index (Phi) is 5.22. The van der Waals surface area contributed by atoms with Gasteiger partial charge in [-0.3, -0.25) is 9.59 Å². The Morgan fingerprint density at radius 3 is 2.17 bits per heavy atom. The summed E-state index contributed by atoms with van der Waals surface area (Å²) in [5.74, 6) is -0.225. The molecule has 0 aliphatic heterocycles. The summed E-state index contributed by atoms with van der Waals surface area (Å²) in [6, 6.07) is 6.96. The second-order valence-corrected chi connectivity index (χ2v) is 4.67. The van der Waals surface area contributed by atoms with Gasteiger partial charge in [-0.25, -0.2) is 0 Å². The normalized spacial score (nSPS) is 10.0. The van der Waals surface area contributed by atoms with Gasteiger partial charge in [0.15, 0.2) is 0 Å². The number of carbonyl (C=O) groups excluding carboxylic acids is 2. The maximum absolute atomic E-state index is 12.2.